The quantitative estimate of drug-likeness (QED) is 0.282. The molecule has 9 nitrogen and oxygen atoms in total. The first-order chi connectivity index (χ1) is 13.1. The van der Waals surface area contributed by atoms with E-state index in [0.717, 1.165) is 16.7 Å². The summed E-state index contributed by atoms with van der Waals surface area (Å²) in [7, 11) is 0. The number of thiocarbonyl (C=S) groups is 1. The van der Waals surface area contributed by atoms with Crippen molar-refractivity contribution in [2.75, 3.05) is 0 Å². The monoisotopic (exact) mass is 442 g/mol. The number of non-ortho nitro benzene ring substituents is 1. The highest BCUT2D eigenvalue weighted by atomic mass is 35.5. The third kappa shape index (κ3) is 5.15. The Bertz CT molecular complexity index is 927. The molecule has 0 unspecified atom stereocenters. The molecular formula is C16H11ClN2O7S2. The van der Waals surface area contributed by atoms with Gasteiger partial charge in [0.25, 0.3) is 11.6 Å². The summed E-state index contributed by atoms with van der Waals surface area (Å²) in [6.45, 7) is 0. The summed E-state index contributed by atoms with van der Waals surface area (Å²) in [4.78, 5) is 45.6. The Morgan fingerprint density at radius 3 is 2.43 bits per heavy atom. The van der Waals surface area contributed by atoms with Crippen LogP contribution in [0.3, 0.4) is 0 Å². The lowest BCUT2D eigenvalue weighted by Crippen LogP contribution is -2.45. The highest BCUT2D eigenvalue weighted by Gasteiger charge is 2.41. The Morgan fingerprint density at radius 1 is 1.32 bits per heavy atom. The lowest BCUT2D eigenvalue weighted by molar-refractivity contribution is -0.384. The number of allylic oxidation sites excluding steroid dienone is 2. The van der Waals surface area contributed by atoms with E-state index in [9.17, 15) is 29.6 Å². The first-order valence-corrected chi connectivity index (χ1v) is 9.03. The van der Waals surface area contributed by atoms with Gasteiger partial charge in [0.1, 0.15) is 10.4 Å². The molecule has 1 atom stereocenters. The predicted octanol–water partition coefficient (Wildman–Crippen LogP) is 2.85. The van der Waals surface area contributed by atoms with Gasteiger partial charge >= 0.3 is 11.9 Å². The third-order valence-corrected chi connectivity index (χ3v) is 5.01. The van der Waals surface area contributed by atoms with Gasteiger partial charge in [-0.15, -0.1) is 0 Å². The maximum absolute atomic E-state index is 12.5. The molecular weight excluding hydrogens is 432 g/mol. The van der Waals surface area contributed by atoms with E-state index in [1.165, 1.54) is 36.4 Å². The van der Waals surface area contributed by atoms with E-state index in [4.69, 9.17) is 28.9 Å². The molecule has 1 aromatic rings. The summed E-state index contributed by atoms with van der Waals surface area (Å²) >= 11 is 11.9. The number of hydrogen-bond acceptors (Lipinski definition) is 7. The van der Waals surface area contributed by atoms with E-state index in [0.29, 0.717) is 5.56 Å². The number of benzene rings is 1. The number of carbonyl (C=O) groups excluding carboxylic acids is 1. The van der Waals surface area contributed by atoms with Gasteiger partial charge in [-0.1, -0.05) is 35.6 Å². The molecule has 0 aliphatic carbocycles. The molecule has 1 amide bonds. The zero-order chi connectivity index (χ0) is 21.0. The van der Waals surface area contributed by atoms with Gasteiger partial charge in [-0.3, -0.25) is 24.6 Å². The fourth-order valence-corrected chi connectivity index (χ4v) is 3.87. The predicted molar refractivity (Wildman–Crippen MR) is 106 cm³/mol. The van der Waals surface area contributed by atoms with Crippen LogP contribution in [0.25, 0.3) is 6.08 Å². The van der Waals surface area contributed by atoms with Crippen molar-refractivity contribution in [3.8, 4) is 0 Å². The first-order valence-electron chi connectivity index (χ1n) is 7.43. The van der Waals surface area contributed by atoms with Gasteiger partial charge in [0, 0.05) is 17.2 Å². The second kappa shape index (κ2) is 8.95. The summed E-state index contributed by atoms with van der Waals surface area (Å²) < 4.78 is -0.0929. The van der Waals surface area contributed by atoms with Crippen molar-refractivity contribution in [1.29, 1.82) is 0 Å². The van der Waals surface area contributed by atoms with E-state index in [1.807, 2.05) is 0 Å². The van der Waals surface area contributed by atoms with Crippen molar-refractivity contribution in [1.82, 2.24) is 4.90 Å². The van der Waals surface area contributed by atoms with Crippen molar-refractivity contribution >= 4 is 69.5 Å². The molecule has 2 N–H and O–H groups in total. The summed E-state index contributed by atoms with van der Waals surface area (Å²) in [6, 6.07) is 3.88. The standard InChI is InChI=1S/C16H11ClN2O7S2/c17-9(5-8-1-3-10(4-2-8)19(25)26)6-12-14(22)18(16(27)28-12)11(15(23)24)7-13(20)21/h1-6,11H,7H2,(H,20,21)(H,23,24)/b9-5-,12-6?/t11-/m0/s1. The van der Waals surface area contributed by atoms with Crippen LogP contribution >= 0.6 is 35.6 Å². The normalized spacial score (nSPS) is 17.1. The van der Waals surface area contributed by atoms with Crippen LogP contribution in [0.15, 0.2) is 40.3 Å². The summed E-state index contributed by atoms with van der Waals surface area (Å²) in [5, 5.41) is 28.8. The number of aliphatic carboxylic acids is 2. The van der Waals surface area contributed by atoms with Crippen LogP contribution in [0, 0.1) is 10.1 Å². The Morgan fingerprint density at radius 2 is 1.93 bits per heavy atom. The Labute approximate surface area is 172 Å². The smallest absolute Gasteiger partial charge is 0.327 e. The van der Waals surface area contributed by atoms with Gasteiger partial charge in [-0.2, -0.15) is 0 Å². The second-order valence-electron chi connectivity index (χ2n) is 5.38. The van der Waals surface area contributed by atoms with Gasteiger partial charge in [0.2, 0.25) is 0 Å². The molecule has 12 heteroatoms. The molecule has 1 heterocycles. The molecule has 146 valence electrons. The number of amides is 1. The summed E-state index contributed by atoms with van der Waals surface area (Å²) in [6.07, 6.45) is 1.91. The van der Waals surface area contributed by atoms with E-state index in [1.54, 1.807) is 0 Å². The fourth-order valence-electron chi connectivity index (χ4n) is 2.22. The number of rotatable bonds is 7. The number of nitro groups is 1. The molecule has 0 bridgehead atoms. The number of nitrogens with zero attached hydrogens (tertiary/aromatic N) is 2. The number of carboxylic acids is 2. The lowest BCUT2D eigenvalue weighted by Gasteiger charge is -2.21. The van der Waals surface area contributed by atoms with Crippen molar-refractivity contribution < 1.29 is 29.5 Å². The minimum Gasteiger partial charge on any atom is -0.481 e. The highest BCUT2D eigenvalue weighted by Crippen LogP contribution is 2.34. The zero-order valence-corrected chi connectivity index (χ0v) is 16.2. The highest BCUT2D eigenvalue weighted by molar-refractivity contribution is 8.26. The number of carbonyl (C=O) groups is 3. The first kappa shape index (κ1) is 21.5. The number of nitro benzene ring substituents is 1. The minimum absolute atomic E-state index is 0.0322. The molecule has 0 radical (unpaired) electrons. The number of halogens is 1. The molecule has 0 aromatic heterocycles. The Hall–Kier alpha value is -2.76. The van der Waals surface area contributed by atoms with Crippen molar-refractivity contribution in [3.05, 3.63) is 56.0 Å². The van der Waals surface area contributed by atoms with Crippen LogP contribution in [0.2, 0.25) is 0 Å². The van der Waals surface area contributed by atoms with Crippen LogP contribution in [-0.4, -0.2) is 48.2 Å². The van der Waals surface area contributed by atoms with Gasteiger partial charge in [0.05, 0.1) is 16.2 Å². The van der Waals surface area contributed by atoms with E-state index < -0.39 is 35.2 Å². The maximum atomic E-state index is 12.5. The molecule has 1 saturated heterocycles. The topological polar surface area (TPSA) is 138 Å². The minimum atomic E-state index is -1.63. The number of thioether (sulfide) groups is 1. The van der Waals surface area contributed by atoms with Crippen LogP contribution < -0.4 is 0 Å². The van der Waals surface area contributed by atoms with E-state index in [2.05, 4.69) is 0 Å². The van der Waals surface area contributed by atoms with Gasteiger partial charge < -0.3 is 10.2 Å². The fraction of sp³-hybridized carbons (Fsp3) is 0.125. The average molecular weight is 443 g/mol. The van der Waals surface area contributed by atoms with Crippen LogP contribution in [0.5, 0.6) is 0 Å². The molecule has 0 saturated carbocycles. The van der Waals surface area contributed by atoms with E-state index >= 15 is 0 Å². The van der Waals surface area contributed by atoms with Gasteiger partial charge in [-0.25, -0.2) is 4.79 Å². The molecule has 1 aliphatic rings. The molecule has 0 spiro atoms. The Balaban J connectivity index is 2.25. The zero-order valence-electron chi connectivity index (χ0n) is 13.8. The molecule has 1 aromatic carbocycles. The third-order valence-electron chi connectivity index (χ3n) is 3.47. The van der Waals surface area contributed by atoms with E-state index in [-0.39, 0.29) is 19.9 Å². The summed E-state index contributed by atoms with van der Waals surface area (Å²) in [5.74, 6) is -3.65. The van der Waals surface area contributed by atoms with Crippen molar-refractivity contribution in [2.24, 2.45) is 0 Å². The van der Waals surface area contributed by atoms with Crippen molar-refractivity contribution in [2.45, 2.75) is 12.5 Å². The van der Waals surface area contributed by atoms with Gasteiger partial charge in [0.15, 0.2) is 0 Å². The lowest BCUT2D eigenvalue weighted by atomic mass is 10.1. The SMILES string of the molecule is O=C(O)C[C@@H](C(=O)O)N1C(=O)C(=C/C(Cl)=C/c2ccc([N+](=O)[O-])cc2)SC1=S. The second-order valence-corrected chi connectivity index (χ2v) is 7.49. The number of carboxylic acid groups (broad SMARTS) is 2. The molecule has 2 rings (SSSR count). The number of hydrogen-bond donors (Lipinski definition) is 2. The molecule has 1 fully saturated rings. The maximum Gasteiger partial charge on any atom is 0.327 e. The van der Waals surface area contributed by atoms with Gasteiger partial charge in [-0.05, 0) is 29.8 Å². The Kier molecular flexibility index (Phi) is 6.89. The van der Waals surface area contributed by atoms with Crippen molar-refractivity contribution in [3.63, 3.8) is 0 Å². The average Bonchev–Trinajstić information content (AvgIpc) is 2.86. The van der Waals surface area contributed by atoms with Crippen LogP contribution in [0.1, 0.15) is 12.0 Å². The molecule has 1 aliphatic heterocycles. The largest absolute Gasteiger partial charge is 0.481 e. The van der Waals surface area contributed by atoms with Crippen LogP contribution in [-0.2, 0) is 14.4 Å². The van der Waals surface area contributed by atoms with Crippen LogP contribution in [0.4, 0.5) is 5.69 Å². The molecule has 28 heavy (non-hydrogen) atoms. The summed E-state index contributed by atoms with van der Waals surface area (Å²) in [5.41, 5.74) is 0.448.